The van der Waals surface area contributed by atoms with E-state index in [-0.39, 0.29) is 0 Å². The van der Waals surface area contributed by atoms with E-state index in [4.69, 9.17) is 0 Å². The molecule has 1 aromatic carbocycles. The smallest absolute Gasteiger partial charge is 0.182 e. The molecule has 3 rings (SSSR count). The Hall–Kier alpha value is -0.710. The number of aromatic nitrogens is 1. The van der Waals surface area contributed by atoms with Crippen LogP contribution in [0.4, 0.5) is 0 Å². The molecule has 0 amide bonds. The number of rotatable bonds is 4. The molecule has 0 fully saturated rings. The van der Waals surface area contributed by atoms with Crippen LogP contribution in [0.2, 0.25) is 0 Å². The van der Waals surface area contributed by atoms with Gasteiger partial charge in [-0.1, -0.05) is 36.8 Å². The molecule has 0 aliphatic heterocycles. The maximum atomic E-state index is 2.47. The van der Waals surface area contributed by atoms with Gasteiger partial charge in [0.1, 0.15) is 11.2 Å². The van der Waals surface area contributed by atoms with Crippen molar-refractivity contribution in [2.45, 2.75) is 56.9 Å². The molecular formula is C21H28NS3+. The van der Waals surface area contributed by atoms with Gasteiger partial charge in [-0.25, -0.2) is 0 Å². The fraction of sp³-hybridized carbons (Fsp3) is 0.476. The van der Waals surface area contributed by atoms with Crippen molar-refractivity contribution in [2.24, 2.45) is 5.41 Å². The minimum atomic E-state index is 0.371. The summed E-state index contributed by atoms with van der Waals surface area (Å²) >= 11 is 5.62. The number of hydrogen-bond donors (Lipinski definition) is 0. The van der Waals surface area contributed by atoms with E-state index in [9.17, 15) is 0 Å². The number of hydrogen-bond acceptors (Lipinski definition) is 3. The van der Waals surface area contributed by atoms with E-state index in [1.165, 1.54) is 42.6 Å². The van der Waals surface area contributed by atoms with Gasteiger partial charge < -0.3 is 0 Å². The highest BCUT2D eigenvalue weighted by molar-refractivity contribution is 8.01. The van der Waals surface area contributed by atoms with Crippen molar-refractivity contribution in [1.29, 1.82) is 0 Å². The number of nitrogens with zero attached hydrogens (tertiary/aromatic N) is 1. The number of benzene rings is 1. The standard InChI is InChI=1S/C21H28NS3/c1-7-22-16-10-18(23-5)19(24-6)11-17(16)25-20(22)9-15-8-14(2)12-21(3,4)13-15/h8-11H,7,12-13H2,1-6H3/q+1. The van der Waals surface area contributed by atoms with E-state index < -0.39 is 0 Å². The van der Waals surface area contributed by atoms with Gasteiger partial charge >= 0.3 is 0 Å². The Morgan fingerprint density at radius 3 is 2.44 bits per heavy atom. The number of fused-ring (bicyclic) bond motifs is 1. The van der Waals surface area contributed by atoms with Crippen molar-refractivity contribution < 1.29 is 4.57 Å². The molecule has 1 aliphatic carbocycles. The maximum absolute atomic E-state index is 2.47. The van der Waals surface area contributed by atoms with Crippen LogP contribution in [0.25, 0.3) is 16.3 Å². The molecule has 1 aromatic heterocycles. The second kappa shape index (κ2) is 7.50. The first-order chi connectivity index (χ1) is 11.9. The Balaban J connectivity index is 2.13. The van der Waals surface area contributed by atoms with Crippen LogP contribution in [0.3, 0.4) is 0 Å². The molecule has 0 unspecified atom stereocenters. The first-order valence-corrected chi connectivity index (χ1v) is 12.1. The van der Waals surface area contributed by atoms with E-state index in [1.54, 1.807) is 0 Å². The predicted octanol–water partition coefficient (Wildman–Crippen LogP) is 6.80. The molecule has 0 bridgehead atoms. The molecule has 1 aliphatic rings. The van der Waals surface area contributed by atoms with Crippen molar-refractivity contribution >= 4 is 51.2 Å². The average Bonchev–Trinajstić information content (AvgIpc) is 2.87. The zero-order valence-electron chi connectivity index (χ0n) is 16.1. The van der Waals surface area contributed by atoms with Crippen LogP contribution in [-0.4, -0.2) is 12.5 Å². The molecule has 0 N–H and O–H groups in total. The third-order valence-corrected chi connectivity index (χ3v) is 7.51. The fourth-order valence-electron chi connectivity index (χ4n) is 3.90. The quantitative estimate of drug-likeness (QED) is 0.417. The molecule has 0 radical (unpaired) electrons. The third-order valence-electron chi connectivity index (χ3n) is 4.73. The highest BCUT2D eigenvalue weighted by atomic mass is 32.2. The summed E-state index contributed by atoms with van der Waals surface area (Å²) in [5.74, 6) is 0. The van der Waals surface area contributed by atoms with Crippen LogP contribution in [0.15, 0.2) is 39.1 Å². The summed E-state index contributed by atoms with van der Waals surface area (Å²) in [6, 6.07) is 4.75. The fourth-order valence-corrected chi connectivity index (χ4v) is 6.69. The maximum Gasteiger partial charge on any atom is 0.263 e. The number of allylic oxidation sites excluding steroid dienone is 3. The van der Waals surface area contributed by atoms with Gasteiger partial charge in [0.05, 0.1) is 0 Å². The Labute approximate surface area is 164 Å². The van der Waals surface area contributed by atoms with E-state index in [1.807, 2.05) is 34.9 Å². The van der Waals surface area contributed by atoms with E-state index >= 15 is 0 Å². The third kappa shape index (κ3) is 4.01. The number of thiazole rings is 1. The lowest BCUT2D eigenvalue weighted by Gasteiger charge is -2.29. The molecule has 0 saturated carbocycles. The van der Waals surface area contributed by atoms with Gasteiger partial charge in [0.2, 0.25) is 5.52 Å². The lowest BCUT2D eigenvalue weighted by Crippen LogP contribution is -2.33. The average molecular weight is 391 g/mol. The van der Waals surface area contributed by atoms with Gasteiger partial charge in [0, 0.05) is 21.9 Å². The van der Waals surface area contributed by atoms with Gasteiger partial charge in [-0.3, -0.25) is 0 Å². The summed E-state index contributed by atoms with van der Waals surface area (Å²) in [6.45, 7) is 10.3. The van der Waals surface area contributed by atoms with Crippen LogP contribution in [0, 0.1) is 5.41 Å². The van der Waals surface area contributed by atoms with Gasteiger partial charge in [0.25, 0.3) is 5.01 Å². The molecule has 4 heteroatoms. The van der Waals surface area contributed by atoms with Crippen LogP contribution < -0.4 is 4.57 Å². The minimum Gasteiger partial charge on any atom is -0.182 e. The summed E-state index contributed by atoms with van der Waals surface area (Å²) in [7, 11) is 0. The summed E-state index contributed by atoms with van der Waals surface area (Å²) in [6.07, 6.45) is 11.5. The molecule has 0 saturated heterocycles. The van der Waals surface area contributed by atoms with Crippen molar-refractivity contribution in [2.75, 3.05) is 12.5 Å². The summed E-state index contributed by atoms with van der Waals surface area (Å²) in [5.41, 5.74) is 4.71. The normalized spacial score (nSPS) is 18.8. The Morgan fingerprint density at radius 1 is 1.16 bits per heavy atom. The van der Waals surface area contributed by atoms with Crippen molar-refractivity contribution in [3.05, 3.63) is 34.4 Å². The summed E-state index contributed by atoms with van der Waals surface area (Å²) < 4.78 is 3.87. The van der Waals surface area contributed by atoms with Crippen LogP contribution in [0.1, 0.15) is 45.5 Å². The van der Waals surface area contributed by atoms with Gasteiger partial charge in [-0.05, 0) is 56.3 Å². The molecule has 0 spiro atoms. The second-order valence-corrected chi connectivity index (χ2v) is 10.3. The topological polar surface area (TPSA) is 3.88 Å². The molecular weight excluding hydrogens is 362 g/mol. The van der Waals surface area contributed by atoms with Gasteiger partial charge in [0.15, 0.2) is 0 Å². The van der Waals surface area contributed by atoms with Crippen molar-refractivity contribution in [3.63, 3.8) is 0 Å². The molecule has 25 heavy (non-hydrogen) atoms. The molecule has 1 heterocycles. The highest BCUT2D eigenvalue weighted by Crippen LogP contribution is 2.39. The Kier molecular flexibility index (Phi) is 5.72. The number of aryl methyl sites for hydroxylation is 1. The summed E-state index contributed by atoms with van der Waals surface area (Å²) in [5, 5.41) is 1.37. The van der Waals surface area contributed by atoms with Crippen LogP contribution >= 0.6 is 34.9 Å². The lowest BCUT2D eigenvalue weighted by molar-refractivity contribution is -0.665. The minimum absolute atomic E-state index is 0.371. The zero-order valence-corrected chi connectivity index (χ0v) is 18.6. The molecule has 2 aromatic rings. The van der Waals surface area contributed by atoms with E-state index in [2.05, 4.69) is 69.1 Å². The Bertz CT molecular complexity index is 856. The molecule has 134 valence electrons. The molecule has 1 nitrogen and oxygen atoms in total. The lowest BCUT2D eigenvalue weighted by atomic mass is 9.75. The molecule has 0 atom stereocenters. The van der Waals surface area contributed by atoms with Crippen molar-refractivity contribution in [3.8, 4) is 0 Å². The first-order valence-electron chi connectivity index (χ1n) is 8.83. The van der Waals surface area contributed by atoms with Crippen LogP contribution in [-0.2, 0) is 6.54 Å². The highest BCUT2D eigenvalue weighted by Gasteiger charge is 2.26. The Morgan fingerprint density at radius 2 is 1.84 bits per heavy atom. The van der Waals surface area contributed by atoms with E-state index in [0.717, 1.165) is 13.0 Å². The van der Waals surface area contributed by atoms with Crippen LogP contribution in [0.5, 0.6) is 0 Å². The zero-order chi connectivity index (χ0) is 18.2. The van der Waals surface area contributed by atoms with Gasteiger partial charge in [-0.15, -0.1) is 23.5 Å². The second-order valence-electron chi connectivity index (χ2n) is 7.59. The largest absolute Gasteiger partial charge is 0.263 e. The van der Waals surface area contributed by atoms with Gasteiger partial charge in [-0.2, -0.15) is 4.57 Å². The van der Waals surface area contributed by atoms with E-state index in [0.29, 0.717) is 5.41 Å². The first kappa shape index (κ1) is 19.1. The summed E-state index contributed by atoms with van der Waals surface area (Å²) in [4.78, 5) is 2.77. The van der Waals surface area contributed by atoms with Crippen molar-refractivity contribution in [1.82, 2.24) is 0 Å². The monoisotopic (exact) mass is 390 g/mol. The number of thioether (sulfide) groups is 2. The predicted molar refractivity (Wildman–Crippen MR) is 116 cm³/mol. The SMILES string of the molecule is CC[n+]1c(C=C2C=C(C)CC(C)(C)C2)sc2cc(SC)c(SC)cc21.